The van der Waals surface area contributed by atoms with Gasteiger partial charge in [0, 0.05) is 24.8 Å². The molecule has 0 aliphatic carbocycles. The summed E-state index contributed by atoms with van der Waals surface area (Å²) in [5, 5.41) is 7.59. The molecule has 17 heavy (non-hydrogen) atoms. The first-order chi connectivity index (χ1) is 8.28. The molecule has 2 aromatic heterocycles. The largest absolute Gasteiger partial charge is 0.380 e. The monoisotopic (exact) mass is 294 g/mol. The molecular weight excluding hydrogens is 280 g/mol. The van der Waals surface area contributed by atoms with Gasteiger partial charge < -0.3 is 5.32 Å². The van der Waals surface area contributed by atoms with E-state index in [-0.39, 0.29) is 0 Å². The van der Waals surface area contributed by atoms with Crippen LogP contribution < -0.4 is 5.32 Å². The first kappa shape index (κ1) is 12.1. The van der Waals surface area contributed by atoms with E-state index in [9.17, 15) is 0 Å². The minimum Gasteiger partial charge on any atom is -0.380 e. The van der Waals surface area contributed by atoms with Gasteiger partial charge in [-0.15, -0.1) is 0 Å². The molecule has 0 saturated carbocycles. The Morgan fingerprint density at radius 1 is 1.35 bits per heavy atom. The van der Waals surface area contributed by atoms with E-state index in [0.717, 1.165) is 29.8 Å². The lowest BCUT2D eigenvalue weighted by Crippen LogP contribution is -1.99. The fourth-order valence-electron chi connectivity index (χ4n) is 1.53. The second kappa shape index (κ2) is 5.82. The fourth-order valence-corrected chi connectivity index (χ4v) is 1.77. The number of aromatic nitrogens is 3. The van der Waals surface area contributed by atoms with Crippen molar-refractivity contribution in [2.45, 2.75) is 26.4 Å². The number of aryl methyl sites for hydroxylation is 1. The van der Waals surface area contributed by atoms with Crippen LogP contribution in [0.25, 0.3) is 0 Å². The summed E-state index contributed by atoms with van der Waals surface area (Å²) in [5.41, 5.74) is 2.19. The minimum atomic E-state index is 0.771. The maximum absolute atomic E-state index is 4.29. The summed E-state index contributed by atoms with van der Waals surface area (Å²) in [6, 6.07) is 3.91. The van der Waals surface area contributed by atoms with E-state index in [1.807, 2.05) is 23.0 Å². The summed E-state index contributed by atoms with van der Waals surface area (Å²) in [7, 11) is 0. The Morgan fingerprint density at radius 2 is 2.24 bits per heavy atom. The highest BCUT2D eigenvalue weighted by Gasteiger charge is 1.98. The molecule has 0 amide bonds. The quantitative estimate of drug-likeness (QED) is 0.862. The average molecular weight is 295 g/mol. The number of rotatable bonds is 5. The van der Waals surface area contributed by atoms with Crippen molar-refractivity contribution in [2.75, 3.05) is 5.32 Å². The van der Waals surface area contributed by atoms with Crippen molar-refractivity contribution in [1.29, 1.82) is 0 Å². The summed E-state index contributed by atoms with van der Waals surface area (Å²) in [4.78, 5) is 4.16. The Balaban J connectivity index is 1.90. The van der Waals surface area contributed by atoms with Crippen LogP contribution in [0, 0.1) is 0 Å². The van der Waals surface area contributed by atoms with E-state index < -0.39 is 0 Å². The van der Waals surface area contributed by atoms with Crippen LogP contribution in [-0.4, -0.2) is 14.8 Å². The van der Waals surface area contributed by atoms with Gasteiger partial charge >= 0.3 is 0 Å². The van der Waals surface area contributed by atoms with Gasteiger partial charge in [0.2, 0.25) is 0 Å². The minimum absolute atomic E-state index is 0.771. The van der Waals surface area contributed by atoms with Crippen LogP contribution in [0.2, 0.25) is 0 Å². The molecule has 0 unspecified atom stereocenters. The zero-order chi connectivity index (χ0) is 12.1. The van der Waals surface area contributed by atoms with Crippen LogP contribution in [0.3, 0.4) is 0 Å². The van der Waals surface area contributed by atoms with Gasteiger partial charge in [0.05, 0.1) is 18.1 Å². The summed E-state index contributed by atoms with van der Waals surface area (Å²) in [6.45, 7) is 3.89. The number of nitrogens with one attached hydrogen (secondary N) is 1. The van der Waals surface area contributed by atoms with Crippen LogP contribution >= 0.6 is 15.9 Å². The van der Waals surface area contributed by atoms with E-state index in [4.69, 9.17) is 0 Å². The van der Waals surface area contributed by atoms with Crippen LogP contribution in [0.4, 0.5) is 5.69 Å². The van der Waals surface area contributed by atoms with E-state index in [2.05, 4.69) is 44.4 Å². The molecule has 2 heterocycles. The number of nitrogens with zero attached hydrogens (tertiary/aromatic N) is 3. The van der Waals surface area contributed by atoms with E-state index in [1.54, 1.807) is 6.20 Å². The van der Waals surface area contributed by atoms with Crippen molar-refractivity contribution in [2.24, 2.45) is 0 Å². The Morgan fingerprint density at radius 3 is 2.94 bits per heavy atom. The zero-order valence-electron chi connectivity index (χ0n) is 9.73. The van der Waals surface area contributed by atoms with Crippen LogP contribution in [0.1, 0.15) is 18.9 Å². The second-order valence-electron chi connectivity index (χ2n) is 3.83. The fraction of sp³-hybridized carbons (Fsp3) is 0.333. The molecule has 0 fully saturated rings. The number of hydrogen-bond donors (Lipinski definition) is 1. The van der Waals surface area contributed by atoms with Crippen LogP contribution in [-0.2, 0) is 13.1 Å². The van der Waals surface area contributed by atoms with Crippen molar-refractivity contribution in [3.63, 3.8) is 0 Å². The highest BCUT2D eigenvalue weighted by Crippen LogP contribution is 2.11. The molecule has 90 valence electrons. The van der Waals surface area contributed by atoms with Crippen molar-refractivity contribution in [3.05, 3.63) is 40.9 Å². The van der Waals surface area contributed by atoms with E-state index in [1.165, 1.54) is 5.56 Å². The van der Waals surface area contributed by atoms with Crippen molar-refractivity contribution >= 4 is 21.6 Å². The SMILES string of the molecule is CCCn1cc(CNc2ccc(Br)nc2)cn1. The summed E-state index contributed by atoms with van der Waals surface area (Å²) in [5.74, 6) is 0. The van der Waals surface area contributed by atoms with Crippen LogP contribution in [0.15, 0.2) is 35.3 Å². The molecule has 4 nitrogen and oxygen atoms in total. The van der Waals surface area contributed by atoms with Crippen molar-refractivity contribution in [3.8, 4) is 0 Å². The molecule has 0 bridgehead atoms. The van der Waals surface area contributed by atoms with Gasteiger partial charge in [-0.25, -0.2) is 4.98 Å². The Hall–Kier alpha value is -1.36. The number of hydrogen-bond acceptors (Lipinski definition) is 3. The number of pyridine rings is 1. The lowest BCUT2D eigenvalue weighted by Gasteiger charge is -2.03. The van der Waals surface area contributed by atoms with Crippen molar-refractivity contribution in [1.82, 2.24) is 14.8 Å². The normalized spacial score (nSPS) is 10.5. The highest BCUT2D eigenvalue weighted by molar-refractivity contribution is 9.10. The molecule has 0 radical (unpaired) electrons. The topological polar surface area (TPSA) is 42.7 Å². The molecular formula is C12H15BrN4. The maximum Gasteiger partial charge on any atom is 0.106 e. The Bertz CT molecular complexity index is 464. The Labute approximate surface area is 109 Å². The second-order valence-corrected chi connectivity index (χ2v) is 4.65. The lowest BCUT2D eigenvalue weighted by molar-refractivity contribution is 0.602. The molecule has 2 rings (SSSR count). The molecule has 0 atom stereocenters. The van der Waals surface area contributed by atoms with E-state index in [0.29, 0.717) is 0 Å². The third-order valence-electron chi connectivity index (χ3n) is 2.36. The summed E-state index contributed by atoms with van der Waals surface area (Å²) >= 11 is 3.31. The zero-order valence-corrected chi connectivity index (χ0v) is 11.3. The van der Waals surface area contributed by atoms with Gasteiger partial charge in [-0.1, -0.05) is 6.92 Å². The molecule has 0 aliphatic rings. The first-order valence-electron chi connectivity index (χ1n) is 5.64. The molecule has 0 aliphatic heterocycles. The van der Waals surface area contributed by atoms with E-state index >= 15 is 0 Å². The molecule has 5 heteroatoms. The third-order valence-corrected chi connectivity index (χ3v) is 2.83. The van der Waals surface area contributed by atoms with Gasteiger partial charge in [-0.3, -0.25) is 4.68 Å². The number of halogens is 1. The Kier molecular flexibility index (Phi) is 4.14. The summed E-state index contributed by atoms with van der Waals surface area (Å²) in [6.07, 6.45) is 6.88. The van der Waals surface area contributed by atoms with Gasteiger partial charge in [0.15, 0.2) is 0 Å². The predicted molar refractivity (Wildman–Crippen MR) is 71.8 cm³/mol. The number of anilines is 1. The first-order valence-corrected chi connectivity index (χ1v) is 6.44. The standard InChI is InChI=1S/C12H15BrN4/c1-2-5-17-9-10(7-16-17)6-14-11-3-4-12(13)15-8-11/h3-4,7-9,14H,2,5-6H2,1H3. The van der Waals surface area contributed by atoms with Crippen LogP contribution in [0.5, 0.6) is 0 Å². The molecule has 0 aromatic carbocycles. The van der Waals surface area contributed by atoms with Crippen molar-refractivity contribution < 1.29 is 0 Å². The predicted octanol–water partition coefficient (Wildman–Crippen LogP) is 3.06. The smallest absolute Gasteiger partial charge is 0.106 e. The third kappa shape index (κ3) is 3.56. The molecule has 1 N–H and O–H groups in total. The maximum atomic E-state index is 4.29. The highest BCUT2D eigenvalue weighted by atomic mass is 79.9. The average Bonchev–Trinajstić information content (AvgIpc) is 2.77. The lowest BCUT2D eigenvalue weighted by atomic mass is 10.3. The molecule has 0 spiro atoms. The van der Waals surface area contributed by atoms with Gasteiger partial charge in [-0.2, -0.15) is 5.10 Å². The molecule has 0 saturated heterocycles. The van der Waals surface area contributed by atoms with Gasteiger partial charge in [-0.05, 0) is 34.5 Å². The molecule has 2 aromatic rings. The van der Waals surface area contributed by atoms with Gasteiger partial charge in [0.25, 0.3) is 0 Å². The van der Waals surface area contributed by atoms with Gasteiger partial charge in [0.1, 0.15) is 4.60 Å². The summed E-state index contributed by atoms with van der Waals surface area (Å²) < 4.78 is 2.82.